The van der Waals surface area contributed by atoms with Crippen molar-refractivity contribution in [3.05, 3.63) is 75.3 Å². The lowest BCUT2D eigenvalue weighted by Gasteiger charge is -2.23. The number of Topliss-reactive ketones (excluding diaryl/α,β-unsaturated/α-hetero) is 1. The minimum Gasteiger partial charge on any atom is -0.507 e. The lowest BCUT2D eigenvalue weighted by atomic mass is 9.94. The van der Waals surface area contributed by atoms with E-state index in [4.69, 9.17) is 14.2 Å². The van der Waals surface area contributed by atoms with Crippen molar-refractivity contribution in [3.63, 3.8) is 0 Å². The number of hydrogen-bond donors (Lipinski definition) is 1. The number of carbonyl (C=O) groups excluding carboxylic acids is 3. The molecule has 1 amide bonds. The van der Waals surface area contributed by atoms with Crippen molar-refractivity contribution in [1.82, 2.24) is 4.98 Å². The number of methoxy groups -OCH3 is 1. The van der Waals surface area contributed by atoms with Crippen molar-refractivity contribution in [2.75, 3.05) is 25.2 Å². The molecule has 1 fully saturated rings. The number of esters is 1. The first-order chi connectivity index (χ1) is 18.7. The topological polar surface area (TPSA) is 115 Å². The second-order valence-corrected chi connectivity index (χ2v) is 9.88. The second kappa shape index (κ2) is 11.7. The summed E-state index contributed by atoms with van der Waals surface area (Å²) in [5.41, 5.74) is 1.93. The Morgan fingerprint density at radius 3 is 2.38 bits per heavy atom. The van der Waals surface area contributed by atoms with Crippen LogP contribution in [-0.2, 0) is 14.3 Å². The summed E-state index contributed by atoms with van der Waals surface area (Å²) < 4.78 is 16.1. The lowest BCUT2D eigenvalue weighted by molar-refractivity contribution is -0.132. The minimum absolute atomic E-state index is 0.0824. The number of rotatable bonds is 9. The number of ether oxygens (including phenoxy) is 3. The zero-order valence-electron chi connectivity index (χ0n) is 22.4. The van der Waals surface area contributed by atoms with E-state index >= 15 is 0 Å². The highest BCUT2D eigenvalue weighted by Crippen LogP contribution is 2.44. The smallest absolute Gasteiger partial charge is 0.350 e. The molecule has 1 aliphatic heterocycles. The fourth-order valence-corrected chi connectivity index (χ4v) is 5.35. The van der Waals surface area contributed by atoms with Gasteiger partial charge in [0.15, 0.2) is 5.13 Å². The number of benzene rings is 2. The van der Waals surface area contributed by atoms with Crippen molar-refractivity contribution < 1.29 is 33.7 Å². The first-order valence-corrected chi connectivity index (χ1v) is 13.4. The predicted octanol–water partition coefficient (Wildman–Crippen LogP) is 5.36. The maximum absolute atomic E-state index is 13.5. The Morgan fingerprint density at radius 1 is 1.08 bits per heavy atom. The third-order valence-electron chi connectivity index (χ3n) is 6.25. The Hall–Kier alpha value is -4.18. The highest BCUT2D eigenvalue weighted by molar-refractivity contribution is 7.17. The molecule has 0 saturated carbocycles. The highest BCUT2D eigenvalue weighted by Gasteiger charge is 2.48. The van der Waals surface area contributed by atoms with Gasteiger partial charge in [-0.2, -0.15) is 0 Å². The summed E-state index contributed by atoms with van der Waals surface area (Å²) in [6.45, 7) is 7.86. The molecule has 0 aliphatic carbocycles. The first-order valence-electron chi connectivity index (χ1n) is 12.5. The maximum atomic E-state index is 13.5. The number of aliphatic hydroxyl groups excluding tert-OH is 1. The van der Waals surface area contributed by atoms with E-state index in [1.807, 2.05) is 6.92 Å². The molecule has 1 N–H and O–H groups in total. The standard InChI is InChI=1S/C29H30N2O7S/c1-6-14-38-20-12-13-21(16(3)15-20)24(32)22-23(18-8-10-19(36-5)11-9-18)31(27(34)25(22)33)29-30-17(4)26(39-29)28(35)37-7-2/h8-13,15,23,32H,6-7,14H2,1-5H3/t23-/m0/s1. The number of aromatic nitrogens is 1. The molecule has 0 spiro atoms. The van der Waals surface area contributed by atoms with E-state index < -0.39 is 23.7 Å². The SMILES string of the molecule is CCCOc1ccc(C(O)=C2C(=O)C(=O)N(c3nc(C)c(C(=O)OCC)s3)[C@H]2c2ccc(OC)cc2)c(C)c1. The van der Waals surface area contributed by atoms with Crippen LogP contribution in [0.15, 0.2) is 48.0 Å². The number of thiazole rings is 1. The molecule has 3 aromatic rings. The van der Waals surface area contributed by atoms with Crippen molar-refractivity contribution in [2.45, 2.75) is 40.2 Å². The van der Waals surface area contributed by atoms with Gasteiger partial charge >= 0.3 is 11.9 Å². The number of amides is 1. The van der Waals surface area contributed by atoms with E-state index in [1.165, 1.54) is 12.0 Å². The van der Waals surface area contributed by atoms with Gasteiger partial charge in [0.1, 0.15) is 22.1 Å². The van der Waals surface area contributed by atoms with Crippen LogP contribution in [-0.4, -0.2) is 48.1 Å². The molecule has 39 heavy (non-hydrogen) atoms. The minimum atomic E-state index is -0.994. The van der Waals surface area contributed by atoms with Gasteiger partial charge in [-0.3, -0.25) is 14.5 Å². The Labute approximate surface area is 230 Å². The third kappa shape index (κ3) is 5.37. The summed E-state index contributed by atoms with van der Waals surface area (Å²) in [5, 5.41) is 11.6. The average molecular weight is 551 g/mol. The van der Waals surface area contributed by atoms with Gasteiger partial charge in [-0.1, -0.05) is 30.4 Å². The van der Waals surface area contributed by atoms with E-state index in [0.29, 0.717) is 40.5 Å². The highest BCUT2D eigenvalue weighted by atomic mass is 32.1. The quantitative estimate of drug-likeness (QED) is 0.164. The van der Waals surface area contributed by atoms with Crippen LogP contribution in [0.3, 0.4) is 0 Å². The maximum Gasteiger partial charge on any atom is 0.350 e. The van der Waals surface area contributed by atoms with E-state index in [0.717, 1.165) is 17.8 Å². The summed E-state index contributed by atoms with van der Waals surface area (Å²) in [4.78, 5) is 45.3. The number of carbonyl (C=O) groups is 3. The van der Waals surface area contributed by atoms with Gasteiger partial charge in [-0.05, 0) is 68.7 Å². The van der Waals surface area contributed by atoms with Crippen LogP contribution in [0, 0.1) is 13.8 Å². The zero-order valence-corrected chi connectivity index (χ0v) is 23.3. The average Bonchev–Trinajstić information content (AvgIpc) is 3.43. The van der Waals surface area contributed by atoms with Gasteiger partial charge in [0.2, 0.25) is 0 Å². The largest absolute Gasteiger partial charge is 0.507 e. The molecule has 1 atom stereocenters. The van der Waals surface area contributed by atoms with Crippen molar-refractivity contribution >= 4 is 39.9 Å². The first kappa shape index (κ1) is 27.8. The summed E-state index contributed by atoms with van der Waals surface area (Å²) in [6.07, 6.45) is 0.847. The summed E-state index contributed by atoms with van der Waals surface area (Å²) in [6, 6.07) is 11.0. The fraction of sp³-hybridized carbons (Fsp3) is 0.310. The van der Waals surface area contributed by atoms with Gasteiger partial charge in [-0.15, -0.1) is 0 Å². The van der Waals surface area contributed by atoms with E-state index in [9.17, 15) is 19.5 Å². The van der Waals surface area contributed by atoms with Crippen LogP contribution < -0.4 is 14.4 Å². The molecule has 2 heterocycles. The van der Waals surface area contributed by atoms with Crippen LogP contribution in [0.5, 0.6) is 11.5 Å². The van der Waals surface area contributed by atoms with Crippen molar-refractivity contribution in [1.29, 1.82) is 0 Å². The van der Waals surface area contributed by atoms with Crippen LogP contribution >= 0.6 is 11.3 Å². The normalized spacial score (nSPS) is 16.4. The molecule has 1 aliphatic rings. The van der Waals surface area contributed by atoms with Gasteiger partial charge in [0.05, 0.1) is 37.6 Å². The Bertz CT molecular complexity index is 1440. The zero-order chi connectivity index (χ0) is 28.3. The van der Waals surface area contributed by atoms with Gasteiger partial charge < -0.3 is 19.3 Å². The van der Waals surface area contributed by atoms with Gasteiger partial charge in [0.25, 0.3) is 5.78 Å². The fourth-order valence-electron chi connectivity index (χ4n) is 4.36. The molecular formula is C29H30N2O7S. The summed E-state index contributed by atoms with van der Waals surface area (Å²) >= 11 is 0.961. The van der Waals surface area contributed by atoms with Crippen LogP contribution in [0.1, 0.15) is 58.4 Å². The number of anilines is 1. The Kier molecular flexibility index (Phi) is 8.35. The molecule has 0 radical (unpaired) electrons. The van der Waals surface area contributed by atoms with Crippen molar-refractivity contribution in [3.8, 4) is 11.5 Å². The molecule has 2 aromatic carbocycles. The van der Waals surface area contributed by atoms with E-state index in [2.05, 4.69) is 4.98 Å². The third-order valence-corrected chi connectivity index (χ3v) is 7.39. The van der Waals surface area contributed by atoms with E-state index in [-0.39, 0.29) is 27.9 Å². The van der Waals surface area contributed by atoms with Gasteiger partial charge in [0, 0.05) is 5.56 Å². The Morgan fingerprint density at radius 2 is 1.77 bits per heavy atom. The molecule has 9 nitrogen and oxygen atoms in total. The van der Waals surface area contributed by atoms with Crippen molar-refractivity contribution in [2.24, 2.45) is 0 Å². The molecule has 10 heteroatoms. The number of hydrogen-bond acceptors (Lipinski definition) is 9. The van der Waals surface area contributed by atoms with Gasteiger partial charge in [-0.25, -0.2) is 9.78 Å². The molecule has 204 valence electrons. The molecule has 1 aromatic heterocycles. The summed E-state index contributed by atoms with van der Waals surface area (Å²) in [7, 11) is 1.53. The monoisotopic (exact) mass is 550 g/mol. The molecule has 1 saturated heterocycles. The number of nitrogens with zero attached hydrogens (tertiary/aromatic N) is 2. The molecular weight excluding hydrogens is 520 g/mol. The number of aliphatic hydroxyl groups is 1. The van der Waals surface area contributed by atoms with Crippen LogP contribution in [0.2, 0.25) is 0 Å². The predicted molar refractivity (Wildman–Crippen MR) is 148 cm³/mol. The molecule has 0 bridgehead atoms. The lowest BCUT2D eigenvalue weighted by Crippen LogP contribution is -2.29. The second-order valence-electron chi connectivity index (χ2n) is 8.90. The number of ketones is 1. The van der Waals surface area contributed by atoms with E-state index in [1.54, 1.807) is 63.2 Å². The molecule has 4 rings (SSSR count). The number of aryl methyl sites for hydroxylation is 2. The van der Waals surface area contributed by atoms with Crippen LogP contribution in [0.4, 0.5) is 5.13 Å². The summed E-state index contributed by atoms with van der Waals surface area (Å²) in [5.74, 6) is -1.36. The Balaban J connectivity index is 1.88. The molecule has 0 unspecified atom stereocenters. The van der Waals surface area contributed by atoms with Crippen LogP contribution in [0.25, 0.3) is 5.76 Å².